The summed E-state index contributed by atoms with van der Waals surface area (Å²) >= 11 is 10.5. The van der Waals surface area contributed by atoms with Crippen molar-refractivity contribution in [3.8, 4) is 0 Å². The quantitative estimate of drug-likeness (QED) is 0.257. The fraction of sp³-hybridized carbons (Fsp3) is 0.379. The molecule has 0 bridgehead atoms. The van der Waals surface area contributed by atoms with Gasteiger partial charge in [-0.2, -0.15) is 0 Å². The summed E-state index contributed by atoms with van der Waals surface area (Å²) in [5.74, 6) is -1.13. The Morgan fingerprint density at radius 3 is 2.40 bits per heavy atom. The number of ether oxygens (including phenoxy) is 1. The standard InChI is InChI=1S/C29H33Br3N4O5Si/c1-28(2,3)40-27(39)36-18-11-12-29(4,5)24-22(34-26(32)35-24)21(31)23(25(38)41-42(6,7)8)33-20(37)14-17(18)16-10-9-15(30)13-19(16)36/h9-13H,14H2,1-8H3,(H,33,37)(H,34,35)/b12-11-,23-21+. The number of nitrogens with one attached hydrogen (secondary N) is 2. The first-order valence-corrected chi connectivity index (χ1v) is 19.0. The third kappa shape index (κ3) is 7.00. The van der Waals surface area contributed by atoms with Crippen LogP contribution in [-0.4, -0.2) is 46.4 Å². The van der Waals surface area contributed by atoms with Crippen LogP contribution in [0, 0.1) is 0 Å². The number of H-pyrrole nitrogens is 1. The van der Waals surface area contributed by atoms with Gasteiger partial charge in [0.2, 0.25) is 14.2 Å². The van der Waals surface area contributed by atoms with Crippen LogP contribution in [0.3, 0.4) is 0 Å². The number of halogens is 3. The predicted octanol–water partition coefficient (Wildman–Crippen LogP) is 7.78. The van der Waals surface area contributed by atoms with Crippen molar-refractivity contribution in [2.24, 2.45) is 0 Å². The third-order valence-electron chi connectivity index (χ3n) is 6.26. The van der Waals surface area contributed by atoms with E-state index in [0.29, 0.717) is 42.8 Å². The lowest BCUT2D eigenvalue weighted by Gasteiger charge is -2.24. The maximum atomic E-state index is 13.7. The highest BCUT2D eigenvalue weighted by Gasteiger charge is 2.33. The molecule has 0 aliphatic carbocycles. The Bertz CT molecular complexity index is 1670. The van der Waals surface area contributed by atoms with Crippen LogP contribution in [0.2, 0.25) is 19.6 Å². The van der Waals surface area contributed by atoms with Gasteiger partial charge in [-0.25, -0.2) is 19.1 Å². The number of hydrogen-bond acceptors (Lipinski definition) is 6. The zero-order valence-electron chi connectivity index (χ0n) is 24.7. The normalized spacial score (nSPS) is 18.3. The van der Waals surface area contributed by atoms with Crippen LogP contribution in [0.4, 0.5) is 4.79 Å². The Morgan fingerprint density at radius 1 is 1.12 bits per heavy atom. The van der Waals surface area contributed by atoms with Gasteiger partial charge >= 0.3 is 12.1 Å². The van der Waals surface area contributed by atoms with Gasteiger partial charge in [0.25, 0.3) is 0 Å². The molecule has 2 aromatic heterocycles. The van der Waals surface area contributed by atoms with E-state index in [-0.39, 0.29) is 12.1 Å². The molecule has 0 spiro atoms. The molecule has 0 radical (unpaired) electrons. The second kappa shape index (κ2) is 11.5. The van der Waals surface area contributed by atoms with Gasteiger partial charge in [0.1, 0.15) is 17.0 Å². The topological polar surface area (TPSA) is 115 Å². The molecular weight excluding hydrogens is 752 g/mol. The SMILES string of the molecule is CC(C)(C)OC(=O)n1c2c(c3ccc(Br)cc31)CC(=O)N/C(C(=O)O[Si](C)(C)C)=C(/Br)c1nc(Br)[nH]c1C(C)(C)/C=C\2. The lowest BCUT2D eigenvalue weighted by molar-refractivity contribution is -0.132. The summed E-state index contributed by atoms with van der Waals surface area (Å²) in [6.07, 6.45) is 3.06. The Labute approximate surface area is 271 Å². The first kappa shape index (κ1) is 32.4. The molecule has 0 fully saturated rings. The second-order valence-corrected chi connectivity index (χ2v) is 19.5. The first-order valence-electron chi connectivity index (χ1n) is 13.2. The smallest absolute Gasteiger partial charge is 0.419 e. The van der Waals surface area contributed by atoms with Crippen molar-refractivity contribution in [1.29, 1.82) is 0 Å². The number of imidazole rings is 1. The molecule has 1 aliphatic rings. The van der Waals surface area contributed by atoms with Crippen molar-refractivity contribution in [1.82, 2.24) is 19.9 Å². The predicted molar refractivity (Wildman–Crippen MR) is 177 cm³/mol. The number of nitrogens with zero attached hydrogens (tertiary/aromatic N) is 2. The van der Waals surface area contributed by atoms with E-state index in [4.69, 9.17) is 9.16 Å². The minimum atomic E-state index is -2.33. The monoisotopic (exact) mass is 782 g/mol. The number of fused-ring (bicyclic) bond motifs is 4. The van der Waals surface area contributed by atoms with Gasteiger partial charge in [0.05, 0.1) is 27.8 Å². The molecule has 9 nitrogen and oxygen atoms in total. The zero-order valence-corrected chi connectivity index (χ0v) is 30.4. The lowest BCUT2D eigenvalue weighted by Crippen LogP contribution is -2.36. The van der Waals surface area contributed by atoms with E-state index in [1.54, 1.807) is 20.8 Å². The van der Waals surface area contributed by atoms with Crippen molar-refractivity contribution < 1.29 is 23.5 Å². The van der Waals surface area contributed by atoms with E-state index in [9.17, 15) is 14.4 Å². The zero-order chi connectivity index (χ0) is 31.4. The van der Waals surface area contributed by atoms with Crippen molar-refractivity contribution in [3.63, 3.8) is 0 Å². The number of amides is 1. The summed E-state index contributed by atoms with van der Waals surface area (Å²) in [7, 11) is -2.33. The van der Waals surface area contributed by atoms with Gasteiger partial charge in [-0.1, -0.05) is 41.9 Å². The number of hydrogen-bond donors (Lipinski definition) is 2. The van der Waals surface area contributed by atoms with Crippen molar-refractivity contribution in [3.05, 3.63) is 61.8 Å². The summed E-state index contributed by atoms with van der Waals surface area (Å²) in [5.41, 5.74) is 1.28. The Hall–Kier alpha value is -2.48. The molecule has 3 aromatic rings. The van der Waals surface area contributed by atoms with Crippen molar-refractivity contribution in [2.75, 3.05) is 0 Å². The minimum absolute atomic E-state index is 0.0526. The number of aromatic amines is 1. The average molecular weight is 785 g/mol. The summed E-state index contributed by atoms with van der Waals surface area (Å²) < 4.78 is 14.6. The molecule has 2 N–H and O–H groups in total. The molecule has 1 aliphatic heterocycles. The van der Waals surface area contributed by atoms with E-state index in [1.807, 2.05) is 63.8 Å². The average Bonchev–Trinajstić information content (AvgIpc) is 3.36. The third-order valence-corrected chi connectivity index (χ3v) is 8.70. The maximum absolute atomic E-state index is 13.7. The molecule has 3 heterocycles. The molecule has 0 saturated carbocycles. The molecule has 4 rings (SSSR count). The number of rotatable bonds is 2. The van der Waals surface area contributed by atoms with Crippen LogP contribution in [0.25, 0.3) is 21.5 Å². The van der Waals surface area contributed by atoms with Crippen LogP contribution in [0.1, 0.15) is 57.3 Å². The highest BCUT2D eigenvalue weighted by atomic mass is 79.9. The molecule has 1 amide bonds. The van der Waals surface area contributed by atoms with Crippen LogP contribution < -0.4 is 5.32 Å². The van der Waals surface area contributed by atoms with E-state index in [1.165, 1.54) is 4.57 Å². The van der Waals surface area contributed by atoms with Gasteiger partial charge in [-0.15, -0.1) is 0 Å². The summed E-state index contributed by atoms with van der Waals surface area (Å²) in [6, 6.07) is 5.53. The number of carbonyl (C=O) groups excluding carboxylic acids is 3. The molecule has 42 heavy (non-hydrogen) atoms. The van der Waals surface area contributed by atoms with Crippen LogP contribution in [0.5, 0.6) is 0 Å². The van der Waals surface area contributed by atoms with Crippen LogP contribution in [-0.2, 0) is 30.6 Å². The number of benzene rings is 1. The van der Waals surface area contributed by atoms with E-state index in [0.717, 1.165) is 4.47 Å². The lowest BCUT2D eigenvalue weighted by atomic mass is 9.86. The van der Waals surface area contributed by atoms with Gasteiger partial charge in [0, 0.05) is 15.3 Å². The summed E-state index contributed by atoms with van der Waals surface area (Å²) in [5, 5.41) is 3.49. The molecule has 0 unspecified atom stereocenters. The van der Waals surface area contributed by atoms with Crippen molar-refractivity contribution >= 4 is 95.5 Å². The summed E-state index contributed by atoms with van der Waals surface area (Å²) in [4.78, 5) is 48.6. The van der Waals surface area contributed by atoms with Gasteiger partial charge in [-0.05, 0) is 96.0 Å². The Kier molecular flexibility index (Phi) is 8.92. The molecule has 0 saturated heterocycles. The maximum Gasteiger partial charge on any atom is 0.419 e. The van der Waals surface area contributed by atoms with Gasteiger partial charge < -0.3 is 19.5 Å². The van der Waals surface area contributed by atoms with Gasteiger partial charge in [-0.3, -0.25) is 4.79 Å². The first-order chi connectivity index (χ1) is 19.3. The fourth-order valence-corrected chi connectivity index (χ4v) is 6.47. The molecule has 1 aromatic carbocycles. The molecule has 224 valence electrons. The molecule has 13 heteroatoms. The summed E-state index contributed by atoms with van der Waals surface area (Å²) in [6.45, 7) is 15.0. The number of carbonyl (C=O) groups is 3. The highest BCUT2D eigenvalue weighted by Crippen LogP contribution is 2.38. The Morgan fingerprint density at radius 2 is 1.79 bits per heavy atom. The minimum Gasteiger partial charge on any atom is -0.515 e. The number of allylic oxidation sites excluding steroid dienone is 1. The number of aromatic nitrogens is 3. The van der Waals surface area contributed by atoms with Crippen LogP contribution in [0.15, 0.2) is 39.2 Å². The van der Waals surface area contributed by atoms with E-state index >= 15 is 0 Å². The Balaban J connectivity index is 2.03. The fourth-order valence-electron chi connectivity index (χ4n) is 4.54. The van der Waals surface area contributed by atoms with Crippen molar-refractivity contribution in [2.45, 2.75) is 71.7 Å². The van der Waals surface area contributed by atoms with E-state index < -0.39 is 37.3 Å². The van der Waals surface area contributed by atoms with Crippen LogP contribution >= 0.6 is 47.8 Å². The van der Waals surface area contributed by atoms with E-state index in [2.05, 4.69) is 63.1 Å². The molecular formula is C29H33Br3N4O5Si. The van der Waals surface area contributed by atoms with Gasteiger partial charge in [0.15, 0.2) is 4.73 Å². The second-order valence-electron chi connectivity index (χ2n) is 12.6. The highest BCUT2D eigenvalue weighted by molar-refractivity contribution is 9.15. The largest absolute Gasteiger partial charge is 0.515 e. The molecule has 0 atom stereocenters.